The molecule has 2 aromatic heterocycles. The number of rotatable bonds is 4. The topological polar surface area (TPSA) is 55.0 Å². The first-order chi connectivity index (χ1) is 14.7. The van der Waals surface area contributed by atoms with Crippen molar-refractivity contribution in [2.45, 2.75) is 38.7 Å². The molecule has 2 aromatic carbocycles. The number of ether oxygens (including phenoxy) is 1. The van der Waals surface area contributed by atoms with Crippen molar-refractivity contribution in [1.29, 1.82) is 0 Å². The largest absolute Gasteiger partial charge is 0.489 e. The summed E-state index contributed by atoms with van der Waals surface area (Å²) in [5.74, 6) is 0.970. The molecule has 0 fully saturated rings. The Morgan fingerprint density at radius 3 is 2.73 bits per heavy atom. The minimum absolute atomic E-state index is 0.0548. The molecule has 4 nitrogen and oxygen atoms in total. The summed E-state index contributed by atoms with van der Waals surface area (Å²) < 4.78 is 19.0. The van der Waals surface area contributed by atoms with Crippen LogP contribution >= 0.6 is 11.3 Å². The summed E-state index contributed by atoms with van der Waals surface area (Å²) in [6.07, 6.45) is 5.55. The second-order valence-corrected chi connectivity index (χ2v) is 8.69. The van der Waals surface area contributed by atoms with E-state index < -0.39 is 0 Å². The number of thiophene rings is 1. The number of halogens is 1. The van der Waals surface area contributed by atoms with Crippen LogP contribution in [0.1, 0.15) is 35.3 Å². The number of hydrogen-bond acceptors (Lipinski definition) is 4. The summed E-state index contributed by atoms with van der Waals surface area (Å²) in [5.41, 5.74) is 2.75. The summed E-state index contributed by atoms with van der Waals surface area (Å²) in [5, 5.41) is 0.774. The molecule has 0 saturated heterocycles. The Morgan fingerprint density at radius 2 is 1.90 bits per heavy atom. The predicted octanol–water partition coefficient (Wildman–Crippen LogP) is 5.64. The third-order valence-corrected chi connectivity index (χ3v) is 6.68. The van der Waals surface area contributed by atoms with Gasteiger partial charge in [-0.2, -0.15) is 0 Å². The van der Waals surface area contributed by atoms with Crippen LogP contribution < -0.4 is 10.3 Å². The monoisotopic (exact) mass is 420 g/mol. The van der Waals surface area contributed by atoms with Gasteiger partial charge >= 0.3 is 0 Å². The third kappa shape index (κ3) is 3.75. The molecule has 1 aliphatic rings. The van der Waals surface area contributed by atoms with Gasteiger partial charge in [0.1, 0.15) is 28.8 Å². The first kappa shape index (κ1) is 19.0. The van der Waals surface area contributed by atoms with E-state index in [-0.39, 0.29) is 11.4 Å². The maximum Gasteiger partial charge on any atom is 0.260 e. The Balaban J connectivity index is 1.39. The lowest BCUT2D eigenvalue weighted by Crippen LogP contribution is -2.10. The summed E-state index contributed by atoms with van der Waals surface area (Å²) in [6, 6.07) is 13.8. The molecule has 1 N–H and O–H groups in total. The van der Waals surface area contributed by atoms with Gasteiger partial charge in [0.15, 0.2) is 0 Å². The highest BCUT2D eigenvalue weighted by atomic mass is 32.1. The molecular weight excluding hydrogens is 399 g/mol. The number of aromatic amines is 1. The minimum Gasteiger partial charge on any atom is -0.489 e. The average molecular weight is 421 g/mol. The Kier molecular flexibility index (Phi) is 5.09. The number of H-pyrrole nitrogens is 1. The normalized spacial score (nSPS) is 13.8. The fraction of sp³-hybridized carbons (Fsp3) is 0.250. The van der Waals surface area contributed by atoms with Crippen LogP contribution in [0.3, 0.4) is 0 Å². The van der Waals surface area contributed by atoms with Gasteiger partial charge in [0.2, 0.25) is 0 Å². The molecule has 0 bridgehead atoms. The Labute approximate surface area is 177 Å². The highest BCUT2D eigenvalue weighted by Crippen LogP contribution is 2.33. The zero-order valence-electron chi connectivity index (χ0n) is 16.4. The number of fused-ring (bicyclic) bond motifs is 3. The van der Waals surface area contributed by atoms with Gasteiger partial charge in [0, 0.05) is 10.4 Å². The van der Waals surface area contributed by atoms with Crippen LogP contribution in [0.4, 0.5) is 4.39 Å². The predicted molar refractivity (Wildman–Crippen MR) is 118 cm³/mol. The van der Waals surface area contributed by atoms with Crippen LogP contribution in [0.15, 0.2) is 53.3 Å². The molecule has 6 heteroatoms. The number of nitrogens with zero attached hydrogens (tertiary/aromatic N) is 1. The van der Waals surface area contributed by atoms with E-state index in [9.17, 15) is 9.18 Å². The summed E-state index contributed by atoms with van der Waals surface area (Å²) >= 11 is 1.66. The van der Waals surface area contributed by atoms with Crippen molar-refractivity contribution in [1.82, 2.24) is 9.97 Å². The molecule has 0 amide bonds. The number of benzene rings is 2. The summed E-state index contributed by atoms with van der Waals surface area (Å²) in [7, 11) is 0. The molecule has 0 unspecified atom stereocenters. The van der Waals surface area contributed by atoms with E-state index >= 15 is 0 Å². The van der Waals surface area contributed by atoms with Crippen molar-refractivity contribution in [3.8, 4) is 17.1 Å². The van der Waals surface area contributed by atoms with Gasteiger partial charge in [0.25, 0.3) is 5.56 Å². The molecule has 0 aliphatic heterocycles. The first-order valence-electron chi connectivity index (χ1n) is 10.2. The van der Waals surface area contributed by atoms with E-state index in [1.165, 1.54) is 35.4 Å². The van der Waals surface area contributed by atoms with Gasteiger partial charge in [-0.15, -0.1) is 11.3 Å². The smallest absolute Gasteiger partial charge is 0.260 e. The minimum atomic E-state index is -0.275. The van der Waals surface area contributed by atoms with Gasteiger partial charge < -0.3 is 9.72 Å². The van der Waals surface area contributed by atoms with Gasteiger partial charge in [-0.05, 0) is 73.2 Å². The molecule has 4 aromatic rings. The zero-order valence-corrected chi connectivity index (χ0v) is 17.2. The quantitative estimate of drug-likeness (QED) is 0.435. The lowest BCUT2D eigenvalue weighted by atomic mass is 10.1. The second kappa shape index (κ2) is 8.03. The molecule has 2 heterocycles. The van der Waals surface area contributed by atoms with Gasteiger partial charge in [-0.1, -0.05) is 18.6 Å². The Hall–Kier alpha value is -2.99. The fourth-order valence-electron chi connectivity index (χ4n) is 3.98. The molecule has 0 radical (unpaired) electrons. The average Bonchev–Trinajstić information content (AvgIpc) is 2.95. The fourth-order valence-corrected chi connectivity index (χ4v) is 5.24. The number of aryl methyl sites for hydroxylation is 2. The maximum absolute atomic E-state index is 13.3. The summed E-state index contributed by atoms with van der Waals surface area (Å²) in [4.78, 5) is 22.7. The lowest BCUT2D eigenvalue weighted by molar-refractivity contribution is 0.305. The SMILES string of the molecule is O=c1[nH]c(-c2ccc(OCc3cccc(F)c3)cc2)nc2sc3c(c12)CCCCC3. The van der Waals surface area contributed by atoms with Crippen molar-refractivity contribution in [3.63, 3.8) is 0 Å². The molecule has 30 heavy (non-hydrogen) atoms. The molecule has 152 valence electrons. The van der Waals surface area contributed by atoms with Crippen LogP contribution in [0.5, 0.6) is 5.75 Å². The third-order valence-electron chi connectivity index (χ3n) is 5.50. The lowest BCUT2D eigenvalue weighted by Gasteiger charge is -2.07. The van der Waals surface area contributed by atoms with E-state index in [4.69, 9.17) is 9.72 Å². The standard InChI is InChI=1S/C24H21FN2O2S/c25-17-6-4-5-15(13-17)14-29-18-11-9-16(10-12-18)22-26-23(28)21-19-7-2-1-3-8-20(19)30-24(21)27-22/h4-6,9-13H,1-3,7-8,14H2,(H,26,27,28). The van der Waals surface area contributed by atoms with E-state index in [1.54, 1.807) is 17.4 Å². The van der Waals surface area contributed by atoms with Crippen molar-refractivity contribution in [3.05, 3.63) is 80.7 Å². The molecule has 0 saturated carbocycles. The van der Waals surface area contributed by atoms with Crippen LogP contribution in [-0.2, 0) is 19.4 Å². The summed E-state index contributed by atoms with van der Waals surface area (Å²) in [6.45, 7) is 0.291. The Bertz CT molecular complexity index is 1260. The van der Waals surface area contributed by atoms with Crippen molar-refractivity contribution < 1.29 is 9.13 Å². The number of hydrogen-bond donors (Lipinski definition) is 1. The van der Waals surface area contributed by atoms with E-state index in [0.717, 1.165) is 40.6 Å². The first-order valence-corrected chi connectivity index (χ1v) is 11.0. The maximum atomic E-state index is 13.3. The van der Waals surface area contributed by atoms with Crippen molar-refractivity contribution in [2.75, 3.05) is 0 Å². The number of nitrogens with one attached hydrogen (secondary N) is 1. The molecule has 5 rings (SSSR count). The molecular formula is C24H21FN2O2S. The van der Waals surface area contributed by atoms with E-state index in [2.05, 4.69) is 4.98 Å². The van der Waals surface area contributed by atoms with Crippen molar-refractivity contribution in [2.24, 2.45) is 0 Å². The zero-order chi connectivity index (χ0) is 20.5. The molecule has 1 aliphatic carbocycles. The van der Waals surface area contributed by atoms with Crippen LogP contribution in [0, 0.1) is 5.82 Å². The van der Waals surface area contributed by atoms with Gasteiger partial charge in [0.05, 0.1) is 5.39 Å². The highest BCUT2D eigenvalue weighted by Gasteiger charge is 2.19. The van der Waals surface area contributed by atoms with Crippen LogP contribution in [0.25, 0.3) is 21.6 Å². The van der Waals surface area contributed by atoms with Crippen LogP contribution in [-0.4, -0.2) is 9.97 Å². The molecule has 0 atom stereocenters. The van der Waals surface area contributed by atoms with Gasteiger partial charge in [-0.3, -0.25) is 4.79 Å². The number of aromatic nitrogens is 2. The Morgan fingerprint density at radius 1 is 1.07 bits per heavy atom. The van der Waals surface area contributed by atoms with E-state index in [0.29, 0.717) is 18.2 Å². The second-order valence-electron chi connectivity index (χ2n) is 7.60. The van der Waals surface area contributed by atoms with Crippen molar-refractivity contribution >= 4 is 21.6 Å². The van der Waals surface area contributed by atoms with Gasteiger partial charge in [-0.25, -0.2) is 9.37 Å². The van der Waals surface area contributed by atoms with E-state index in [1.807, 2.05) is 30.3 Å². The highest BCUT2D eigenvalue weighted by molar-refractivity contribution is 7.18. The molecule has 0 spiro atoms. The van der Waals surface area contributed by atoms with Crippen LogP contribution in [0.2, 0.25) is 0 Å².